The standard InChI is InChI=1S/C13H14FNO2/c14-10-3-9(8-16)4-11(5-10)15-6-12-1-2-13(7-15)17-12/h3-5,8,12-13H,1-2,6-7H2. The van der Waals surface area contributed by atoms with Gasteiger partial charge in [0.1, 0.15) is 12.1 Å². The van der Waals surface area contributed by atoms with E-state index in [1.54, 1.807) is 6.07 Å². The number of morpholine rings is 1. The third-order valence-corrected chi connectivity index (χ3v) is 3.45. The van der Waals surface area contributed by atoms with Gasteiger partial charge in [-0.05, 0) is 31.0 Å². The molecule has 0 saturated carbocycles. The Hall–Kier alpha value is -1.42. The largest absolute Gasteiger partial charge is 0.371 e. The summed E-state index contributed by atoms with van der Waals surface area (Å²) in [5.41, 5.74) is 1.17. The molecule has 1 aromatic rings. The van der Waals surface area contributed by atoms with Gasteiger partial charge in [0.05, 0.1) is 12.2 Å². The zero-order chi connectivity index (χ0) is 11.8. The van der Waals surface area contributed by atoms with Gasteiger partial charge >= 0.3 is 0 Å². The maximum absolute atomic E-state index is 13.4. The maximum atomic E-state index is 13.4. The number of carbonyl (C=O) groups excluding carboxylic acids is 1. The van der Waals surface area contributed by atoms with Crippen molar-refractivity contribution >= 4 is 12.0 Å². The summed E-state index contributed by atoms with van der Waals surface area (Å²) in [4.78, 5) is 12.8. The molecule has 2 aliphatic rings. The number of ether oxygens (including phenoxy) is 1. The number of hydrogen-bond donors (Lipinski definition) is 0. The van der Waals surface area contributed by atoms with E-state index < -0.39 is 0 Å². The van der Waals surface area contributed by atoms with E-state index in [9.17, 15) is 9.18 Å². The summed E-state index contributed by atoms with van der Waals surface area (Å²) in [6, 6.07) is 4.48. The summed E-state index contributed by atoms with van der Waals surface area (Å²) in [6.45, 7) is 1.58. The lowest BCUT2D eigenvalue weighted by atomic mass is 10.1. The number of anilines is 1. The molecule has 90 valence electrons. The van der Waals surface area contributed by atoms with Crippen LogP contribution in [0.4, 0.5) is 10.1 Å². The van der Waals surface area contributed by atoms with Gasteiger partial charge in [-0.2, -0.15) is 0 Å². The van der Waals surface area contributed by atoms with Crippen molar-refractivity contribution in [3.8, 4) is 0 Å². The molecule has 0 radical (unpaired) electrons. The quantitative estimate of drug-likeness (QED) is 0.734. The second-order valence-electron chi connectivity index (χ2n) is 4.72. The Bertz CT molecular complexity index is 437. The number of fused-ring (bicyclic) bond motifs is 2. The molecule has 2 aliphatic heterocycles. The third-order valence-electron chi connectivity index (χ3n) is 3.45. The van der Waals surface area contributed by atoms with Crippen LogP contribution in [0.5, 0.6) is 0 Å². The molecule has 0 aromatic heterocycles. The van der Waals surface area contributed by atoms with Gasteiger partial charge in [0.2, 0.25) is 0 Å². The van der Waals surface area contributed by atoms with Crippen LogP contribution < -0.4 is 4.90 Å². The first-order valence-electron chi connectivity index (χ1n) is 5.91. The molecule has 0 N–H and O–H groups in total. The van der Waals surface area contributed by atoms with Crippen molar-refractivity contribution in [1.29, 1.82) is 0 Å². The van der Waals surface area contributed by atoms with Gasteiger partial charge in [0.15, 0.2) is 0 Å². The second-order valence-corrected chi connectivity index (χ2v) is 4.72. The average molecular weight is 235 g/mol. The molecule has 1 aromatic carbocycles. The van der Waals surface area contributed by atoms with Crippen molar-refractivity contribution in [3.63, 3.8) is 0 Å². The summed E-state index contributed by atoms with van der Waals surface area (Å²) >= 11 is 0. The lowest BCUT2D eigenvalue weighted by molar-refractivity contribution is 0.0305. The van der Waals surface area contributed by atoms with Crippen LogP contribution in [0.3, 0.4) is 0 Å². The van der Waals surface area contributed by atoms with Crippen LogP contribution in [0.1, 0.15) is 23.2 Å². The van der Waals surface area contributed by atoms with Crippen molar-refractivity contribution in [1.82, 2.24) is 0 Å². The Morgan fingerprint density at radius 3 is 2.59 bits per heavy atom. The molecule has 2 saturated heterocycles. The molecule has 2 heterocycles. The molecule has 2 atom stereocenters. The van der Waals surface area contributed by atoms with E-state index in [0.29, 0.717) is 11.8 Å². The topological polar surface area (TPSA) is 29.5 Å². The van der Waals surface area contributed by atoms with Crippen molar-refractivity contribution < 1.29 is 13.9 Å². The van der Waals surface area contributed by atoms with E-state index in [1.807, 2.05) is 0 Å². The van der Waals surface area contributed by atoms with E-state index >= 15 is 0 Å². The minimum atomic E-state index is -0.358. The molecule has 2 bridgehead atoms. The molecule has 3 rings (SSSR count). The summed E-state index contributed by atoms with van der Waals surface area (Å²) in [5.74, 6) is -0.358. The first-order valence-corrected chi connectivity index (χ1v) is 5.91. The molecule has 2 unspecified atom stereocenters. The molecule has 4 heteroatoms. The van der Waals surface area contributed by atoms with Gasteiger partial charge in [-0.25, -0.2) is 4.39 Å². The normalized spacial score (nSPS) is 27.2. The monoisotopic (exact) mass is 235 g/mol. The Balaban J connectivity index is 1.88. The number of nitrogens with zero attached hydrogens (tertiary/aromatic N) is 1. The summed E-state index contributed by atoms with van der Waals surface area (Å²) < 4.78 is 19.1. The van der Waals surface area contributed by atoms with Gasteiger partial charge < -0.3 is 9.64 Å². The lowest BCUT2D eigenvalue weighted by Gasteiger charge is -2.34. The first kappa shape index (κ1) is 10.7. The highest BCUT2D eigenvalue weighted by Crippen LogP contribution is 2.30. The number of rotatable bonds is 2. The zero-order valence-electron chi connectivity index (χ0n) is 9.43. The summed E-state index contributed by atoms with van der Waals surface area (Å²) in [6.07, 6.45) is 3.36. The molecule has 0 spiro atoms. The zero-order valence-corrected chi connectivity index (χ0v) is 9.43. The highest BCUT2D eigenvalue weighted by atomic mass is 19.1. The predicted octanol–water partition coefficient (Wildman–Crippen LogP) is 2.01. The number of halogens is 1. The Morgan fingerprint density at radius 1 is 1.24 bits per heavy atom. The van der Waals surface area contributed by atoms with Crippen LogP contribution in [0, 0.1) is 5.82 Å². The predicted molar refractivity (Wildman–Crippen MR) is 61.9 cm³/mol. The van der Waals surface area contributed by atoms with Gasteiger partial charge in [-0.15, -0.1) is 0 Å². The molecular formula is C13H14FNO2. The highest BCUT2D eigenvalue weighted by Gasteiger charge is 2.33. The second kappa shape index (κ2) is 4.11. The lowest BCUT2D eigenvalue weighted by Crippen LogP contribution is -2.42. The van der Waals surface area contributed by atoms with Crippen molar-refractivity contribution in [3.05, 3.63) is 29.6 Å². The maximum Gasteiger partial charge on any atom is 0.150 e. The number of carbonyl (C=O) groups is 1. The summed E-state index contributed by atoms with van der Waals surface area (Å²) in [7, 11) is 0. The van der Waals surface area contributed by atoms with E-state index in [-0.39, 0.29) is 18.0 Å². The van der Waals surface area contributed by atoms with Gasteiger partial charge in [-0.1, -0.05) is 0 Å². The number of hydrogen-bond acceptors (Lipinski definition) is 3. The number of benzene rings is 1. The third kappa shape index (κ3) is 2.05. The van der Waals surface area contributed by atoms with Crippen LogP contribution in [0.2, 0.25) is 0 Å². The molecular weight excluding hydrogens is 221 g/mol. The number of aldehydes is 1. The SMILES string of the molecule is O=Cc1cc(F)cc(N2CC3CCC(C2)O3)c1. The van der Waals surface area contributed by atoms with Crippen molar-refractivity contribution in [2.24, 2.45) is 0 Å². The van der Waals surface area contributed by atoms with E-state index in [2.05, 4.69) is 4.90 Å². The minimum absolute atomic E-state index is 0.261. The van der Waals surface area contributed by atoms with Crippen molar-refractivity contribution in [2.75, 3.05) is 18.0 Å². The molecule has 2 fully saturated rings. The van der Waals surface area contributed by atoms with Crippen molar-refractivity contribution in [2.45, 2.75) is 25.0 Å². The average Bonchev–Trinajstić information content (AvgIpc) is 2.67. The summed E-state index contributed by atoms with van der Waals surface area (Å²) in [5, 5.41) is 0. The molecule has 17 heavy (non-hydrogen) atoms. The Kier molecular flexibility index (Phi) is 2.59. The Morgan fingerprint density at radius 2 is 1.94 bits per heavy atom. The smallest absolute Gasteiger partial charge is 0.150 e. The molecule has 3 nitrogen and oxygen atoms in total. The Labute approximate surface area is 99.2 Å². The fourth-order valence-electron chi connectivity index (χ4n) is 2.67. The van der Waals surface area contributed by atoms with Crippen LogP contribution in [0.15, 0.2) is 18.2 Å². The molecule has 0 aliphatic carbocycles. The minimum Gasteiger partial charge on any atom is -0.371 e. The van der Waals surface area contributed by atoms with Crippen LogP contribution >= 0.6 is 0 Å². The van der Waals surface area contributed by atoms with Gasteiger partial charge in [0.25, 0.3) is 0 Å². The van der Waals surface area contributed by atoms with E-state index in [1.165, 1.54) is 12.1 Å². The fourth-order valence-corrected chi connectivity index (χ4v) is 2.67. The van der Waals surface area contributed by atoms with E-state index in [4.69, 9.17) is 4.74 Å². The molecule has 0 amide bonds. The first-order chi connectivity index (χ1) is 8.24. The van der Waals surface area contributed by atoms with Crippen LogP contribution in [-0.2, 0) is 4.74 Å². The highest BCUT2D eigenvalue weighted by molar-refractivity contribution is 5.77. The van der Waals surface area contributed by atoms with Gasteiger partial charge in [-0.3, -0.25) is 4.79 Å². The van der Waals surface area contributed by atoms with Crippen LogP contribution in [-0.4, -0.2) is 31.6 Å². The van der Waals surface area contributed by atoms with Gasteiger partial charge in [0, 0.05) is 24.3 Å². The van der Waals surface area contributed by atoms with Crippen LogP contribution in [0.25, 0.3) is 0 Å². The fraction of sp³-hybridized carbons (Fsp3) is 0.462. The van der Waals surface area contributed by atoms with E-state index in [0.717, 1.165) is 31.6 Å².